The summed E-state index contributed by atoms with van der Waals surface area (Å²) < 4.78 is 4.73. The van der Waals surface area contributed by atoms with Gasteiger partial charge in [-0.2, -0.15) is 0 Å². The molecular weight excluding hydrogens is 590 g/mol. The number of aromatic amines is 2. The highest BCUT2D eigenvalue weighted by Gasteiger charge is 2.37. The van der Waals surface area contributed by atoms with E-state index in [1.165, 1.54) is 7.11 Å². The smallest absolute Gasteiger partial charge is 0.407 e. The van der Waals surface area contributed by atoms with E-state index in [9.17, 15) is 9.59 Å². The number of likely N-dealkylation sites (tertiary alicyclic amines) is 1. The molecule has 4 heterocycles. The molecule has 0 spiro atoms. The number of hydrogen-bond acceptors (Lipinski definition) is 6. The van der Waals surface area contributed by atoms with Crippen LogP contribution in [-0.2, 0) is 9.53 Å². The van der Waals surface area contributed by atoms with E-state index >= 15 is 0 Å². The van der Waals surface area contributed by atoms with Gasteiger partial charge in [-0.3, -0.25) is 4.79 Å². The number of nitrogens with zero attached hydrogens (tertiary/aromatic N) is 3. The molecule has 2 aliphatic heterocycles. The number of alkyl carbamates (subject to hydrolysis) is 1. The Morgan fingerprint density at radius 3 is 2.53 bits per heavy atom. The Hall–Kier alpha value is -5.32. The van der Waals surface area contributed by atoms with Crippen molar-refractivity contribution in [2.24, 2.45) is 5.92 Å². The number of amides is 2. The molecule has 2 saturated heterocycles. The van der Waals surface area contributed by atoms with Crippen LogP contribution in [0.1, 0.15) is 74.5 Å². The van der Waals surface area contributed by atoms with Crippen molar-refractivity contribution >= 4 is 12.0 Å². The number of benzene rings is 2. The highest BCUT2D eigenvalue weighted by atomic mass is 16.5. The van der Waals surface area contributed by atoms with Gasteiger partial charge in [0.05, 0.1) is 37.3 Å². The summed E-state index contributed by atoms with van der Waals surface area (Å²) in [7, 11) is 1.29. The third kappa shape index (κ3) is 7.24. The van der Waals surface area contributed by atoms with Gasteiger partial charge in [-0.25, -0.2) is 14.8 Å². The van der Waals surface area contributed by atoms with Gasteiger partial charge in [0.1, 0.15) is 23.4 Å². The molecule has 2 aromatic heterocycles. The zero-order chi connectivity index (χ0) is 32.8. The maximum Gasteiger partial charge on any atom is 0.407 e. The Kier molecular flexibility index (Phi) is 9.70. The highest BCUT2D eigenvalue weighted by Crippen LogP contribution is 2.32. The SMILES string of the molecule is COC(=O)N[C@H](C(=O)N1CCCC1c1ncc(C#CC#Cc2ccc(-c3cnc(C4CCCN4)[nH]3)cc2-c2ccccc2)[nH]1)C(C)C. The number of imidazole rings is 2. The minimum Gasteiger partial charge on any atom is -0.453 e. The average Bonchev–Trinajstić information content (AvgIpc) is 3.92. The minimum atomic E-state index is -0.687. The van der Waals surface area contributed by atoms with E-state index in [4.69, 9.17) is 4.74 Å². The standard InChI is InChI=1S/C37H39N7O3/c1-24(2)33(43-37(46)47-3)36(45)44-20-10-16-32(44)35-39-22-28(41-35)14-8-7-13-26-17-18-27(21-29(26)25-11-5-4-6-12-25)31-23-40-34(42-31)30-15-9-19-38-30/h4-6,11-12,17-18,21-24,30,32-33,38H,9-10,15-16,19-20H2,1-3H3,(H,39,41)(H,40,42)(H,43,46)/t30?,32?,33-/m0/s1. The largest absolute Gasteiger partial charge is 0.453 e. The lowest BCUT2D eigenvalue weighted by Crippen LogP contribution is -2.51. The van der Waals surface area contributed by atoms with Gasteiger partial charge < -0.3 is 30.2 Å². The van der Waals surface area contributed by atoms with Crippen molar-refractivity contribution < 1.29 is 14.3 Å². The minimum absolute atomic E-state index is 0.101. The van der Waals surface area contributed by atoms with E-state index in [1.54, 1.807) is 11.1 Å². The molecule has 10 heteroatoms. The number of carbonyl (C=O) groups is 2. The average molecular weight is 630 g/mol. The summed E-state index contributed by atoms with van der Waals surface area (Å²) >= 11 is 0. The number of ether oxygens (including phenoxy) is 1. The number of methoxy groups -OCH3 is 1. The third-order valence-corrected chi connectivity index (χ3v) is 8.70. The predicted molar refractivity (Wildman–Crippen MR) is 180 cm³/mol. The Bertz CT molecular complexity index is 1850. The van der Waals surface area contributed by atoms with Gasteiger partial charge in [0.2, 0.25) is 5.91 Å². The van der Waals surface area contributed by atoms with Crippen LogP contribution in [0.15, 0.2) is 60.9 Å². The zero-order valence-corrected chi connectivity index (χ0v) is 26.9. The highest BCUT2D eigenvalue weighted by molar-refractivity contribution is 5.86. The lowest BCUT2D eigenvalue weighted by molar-refractivity contribution is -0.135. The van der Waals surface area contributed by atoms with Gasteiger partial charge in [0.15, 0.2) is 0 Å². The normalized spacial score (nSPS) is 17.8. The van der Waals surface area contributed by atoms with Gasteiger partial charge in [0.25, 0.3) is 0 Å². The molecule has 2 unspecified atom stereocenters. The third-order valence-electron chi connectivity index (χ3n) is 8.70. The summed E-state index contributed by atoms with van der Waals surface area (Å²) in [6, 6.07) is 15.8. The fraction of sp³-hybridized carbons (Fsp3) is 0.351. The fourth-order valence-corrected chi connectivity index (χ4v) is 6.22. The Morgan fingerprint density at radius 2 is 1.77 bits per heavy atom. The van der Waals surface area contributed by atoms with Crippen LogP contribution in [-0.4, -0.2) is 63.1 Å². The van der Waals surface area contributed by atoms with Gasteiger partial charge in [-0.05, 0) is 79.2 Å². The molecule has 0 bridgehead atoms. The molecule has 6 rings (SSSR count). The Morgan fingerprint density at radius 1 is 0.957 bits per heavy atom. The lowest BCUT2D eigenvalue weighted by Gasteiger charge is -2.29. The molecule has 47 heavy (non-hydrogen) atoms. The van der Waals surface area contributed by atoms with Crippen LogP contribution in [0.4, 0.5) is 4.79 Å². The van der Waals surface area contributed by atoms with Crippen molar-refractivity contribution in [1.82, 2.24) is 35.5 Å². The van der Waals surface area contributed by atoms with E-state index < -0.39 is 12.1 Å². The Labute approximate surface area is 275 Å². The van der Waals surface area contributed by atoms with Crippen LogP contribution in [0.3, 0.4) is 0 Å². The molecule has 2 amide bonds. The first-order valence-corrected chi connectivity index (χ1v) is 16.1. The van der Waals surface area contributed by atoms with E-state index in [1.807, 2.05) is 44.3 Å². The van der Waals surface area contributed by atoms with Crippen LogP contribution < -0.4 is 10.6 Å². The number of rotatable bonds is 7. The molecular formula is C37H39N7O3. The lowest BCUT2D eigenvalue weighted by atomic mass is 9.96. The second-order valence-corrected chi connectivity index (χ2v) is 12.2. The van der Waals surface area contributed by atoms with Gasteiger partial charge in [-0.15, -0.1) is 0 Å². The quantitative estimate of drug-likeness (QED) is 0.205. The molecule has 2 fully saturated rings. The second-order valence-electron chi connectivity index (χ2n) is 12.2. The van der Waals surface area contributed by atoms with Crippen molar-refractivity contribution in [3.8, 4) is 46.1 Å². The van der Waals surface area contributed by atoms with E-state index in [0.29, 0.717) is 18.1 Å². The molecule has 2 aliphatic rings. The topological polar surface area (TPSA) is 128 Å². The van der Waals surface area contributed by atoms with Gasteiger partial charge in [-0.1, -0.05) is 56.2 Å². The van der Waals surface area contributed by atoms with Gasteiger partial charge >= 0.3 is 6.09 Å². The first-order chi connectivity index (χ1) is 22.9. The van der Waals surface area contributed by atoms with Gasteiger partial charge in [0, 0.05) is 17.7 Å². The van der Waals surface area contributed by atoms with Crippen molar-refractivity contribution in [2.75, 3.05) is 20.2 Å². The number of H-pyrrole nitrogens is 2. The maximum atomic E-state index is 13.4. The first kappa shape index (κ1) is 31.7. The fourth-order valence-electron chi connectivity index (χ4n) is 6.22. The number of nitrogens with one attached hydrogen (secondary N) is 4. The van der Waals surface area contributed by atoms with Crippen molar-refractivity contribution in [1.29, 1.82) is 0 Å². The zero-order valence-electron chi connectivity index (χ0n) is 26.9. The molecule has 2 aromatic carbocycles. The molecule has 4 aromatic rings. The summed E-state index contributed by atoms with van der Waals surface area (Å²) in [6.45, 7) is 5.40. The first-order valence-electron chi connectivity index (χ1n) is 16.1. The number of hydrogen-bond donors (Lipinski definition) is 4. The van der Waals surface area contributed by atoms with E-state index in [-0.39, 0.29) is 23.9 Å². The molecule has 4 N–H and O–H groups in total. The maximum absolute atomic E-state index is 13.4. The van der Waals surface area contributed by atoms with Crippen LogP contribution in [0.2, 0.25) is 0 Å². The molecule has 240 valence electrons. The van der Waals surface area contributed by atoms with Crippen LogP contribution in [0.25, 0.3) is 22.4 Å². The number of carbonyl (C=O) groups excluding carboxylic acids is 2. The van der Waals surface area contributed by atoms with Crippen LogP contribution in [0, 0.1) is 29.6 Å². The summed E-state index contributed by atoms with van der Waals surface area (Å²) in [6.07, 6.45) is 6.80. The van der Waals surface area contributed by atoms with Crippen molar-refractivity contribution in [2.45, 2.75) is 57.7 Å². The molecule has 10 nitrogen and oxygen atoms in total. The Balaban J connectivity index is 1.19. The van der Waals surface area contributed by atoms with Crippen LogP contribution >= 0.6 is 0 Å². The monoisotopic (exact) mass is 629 g/mol. The number of aromatic nitrogens is 4. The van der Waals surface area contributed by atoms with Crippen molar-refractivity contribution in [3.63, 3.8) is 0 Å². The molecule has 0 saturated carbocycles. The summed E-state index contributed by atoms with van der Waals surface area (Å²) in [5.41, 5.74) is 5.59. The van der Waals surface area contributed by atoms with Crippen molar-refractivity contribution in [3.05, 3.63) is 83.8 Å². The molecule has 0 aliphatic carbocycles. The predicted octanol–water partition coefficient (Wildman–Crippen LogP) is 5.34. The summed E-state index contributed by atoms with van der Waals surface area (Å²) in [5.74, 6) is 13.7. The molecule has 3 atom stereocenters. The second kappa shape index (κ2) is 14.4. The van der Waals surface area contributed by atoms with Crippen LogP contribution in [0.5, 0.6) is 0 Å². The van der Waals surface area contributed by atoms with E-state index in [2.05, 4.69) is 78.5 Å². The van der Waals surface area contributed by atoms with E-state index in [0.717, 1.165) is 66.0 Å². The molecule has 0 radical (unpaired) electrons. The summed E-state index contributed by atoms with van der Waals surface area (Å²) in [5, 5.41) is 6.18. The summed E-state index contributed by atoms with van der Waals surface area (Å²) in [4.78, 5) is 43.0.